The lowest BCUT2D eigenvalue weighted by Gasteiger charge is -2.01. The van der Waals surface area contributed by atoms with Gasteiger partial charge in [-0.3, -0.25) is 10.1 Å². The van der Waals surface area contributed by atoms with E-state index in [1.54, 1.807) is 18.5 Å². The van der Waals surface area contributed by atoms with Gasteiger partial charge in [0.25, 0.3) is 5.69 Å². The lowest BCUT2D eigenvalue weighted by Crippen LogP contribution is -1.90. The van der Waals surface area contributed by atoms with Crippen molar-refractivity contribution in [1.29, 1.82) is 0 Å². The number of nitrogens with zero attached hydrogens (tertiary/aromatic N) is 3. The molecule has 0 radical (unpaired) electrons. The van der Waals surface area contributed by atoms with Gasteiger partial charge in [-0.2, -0.15) is 5.10 Å². The third kappa shape index (κ3) is 1.71. The summed E-state index contributed by atoms with van der Waals surface area (Å²) in [7, 11) is 0. The molecule has 2 rings (SSSR count). The first-order valence-corrected chi connectivity index (χ1v) is 4.19. The maximum absolute atomic E-state index is 6.94. The van der Waals surface area contributed by atoms with Gasteiger partial charge in [0.15, 0.2) is 5.82 Å². The van der Waals surface area contributed by atoms with E-state index in [0.717, 1.165) is 5.69 Å². The number of nitrogens with one attached hydrogen (secondary N) is 2. The van der Waals surface area contributed by atoms with E-state index in [2.05, 4.69) is 25.3 Å². The Morgan fingerprint density at radius 3 is 3.07 bits per heavy atom. The van der Waals surface area contributed by atoms with Gasteiger partial charge >= 0.3 is 0 Å². The Morgan fingerprint density at radius 1 is 1.53 bits per heavy atom. The number of anilines is 3. The van der Waals surface area contributed by atoms with Gasteiger partial charge in [0.05, 0.1) is 18.5 Å². The monoisotopic (exact) mass is 200 g/mol. The normalized spacial score (nSPS) is 9.53. The summed E-state index contributed by atoms with van der Waals surface area (Å²) in [6.45, 7) is 6.94. The quantitative estimate of drug-likeness (QED) is 0.644. The zero-order valence-electron chi connectivity index (χ0n) is 7.73. The minimum atomic E-state index is 0.261. The van der Waals surface area contributed by atoms with E-state index in [9.17, 15) is 0 Å². The molecule has 6 nitrogen and oxygen atoms in total. The Balaban J connectivity index is 2.30. The summed E-state index contributed by atoms with van der Waals surface area (Å²) in [5, 5.41) is 9.36. The van der Waals surface area contributed by atoms with Crippen LogP contribution >= 0.6 is 0 Å². The van der Waals surface area contributed by atoms with Gasteiger partial charge in [-0.25, -0.2) is 4.85 Å². The van der Waals surface area contributed by atoms with Gasteiger partial charge in [0.2, 0.25) is 0 Å². The molecule has 0 bridgehead atoms. The van der Waals surface area contributed by atoms with Gasteiger partial charge in [-0.05, 0) is 12.1 Å². The van der Waals surface area contributed by atoms with Crippen LogP contribution in [0.3, 0.4) is 0 Å². The van der Waals surface area contributed by atoms with Crippen LogP contribution in [0.5, 0.6) is 0 Å². The number of pyridine rings is 1. The lowest BCUT2D eigenvalue weighted by atomic mass is 10.4. The molecule has 0 aliphatic rings. The number of aromatic nitrogens is 3. The summed E-state index contributed by atoms with van der Waals surface area (Å²) in [6.07, 6.45) is 3.30. The number of rotatable bonds is 2. The summed E-state index contributed by atoms with van der Waals surface area (Å²) in [5.74, 6) is 0.673. The third-order valence-corrected chi connectivity index (χ3v) is 1.80. The molecular formula is C9H8N6. The van der Waals surface area contributed by atoms with Crippen molar-refractivity contribution in [2.75, 3.05) is 11.1 Å². The number of hydrogen-bond acceptors (Lipinski definition) is 4. The van der Waals surface area contributed by atoms with Crippen molar-refractivity contribution in [3.05, 3.63) is 35.9 Å². The van der Waals surface area contributed by atoms with E-state index in [4.69, 9.17) is 12.3 Å². The molecular weight excluding hydrogens is 192 g/mol. The van der Waals surface area contributed by atoms with Gasteiger partial charge in [0.1, 0.15) is 5.82 Å². The first-order valence-electron chi connectivity index (χ1n) is 4.19. The molecule has 15 heavy (non-hydrogen) atoms. The molecule has 4 N–H and O–H groups in total. The minimum Gasteiger partial charge on any atom is -0.393 e. The van der Waals surface area contributed by atoms with Crippen molar-refractivity contribution >= 4 is 23.0 Å². The topological polar surface area (TPSA) is 84.0 Å². The van der Waals surface area contributed by atoms with E-state index >= 15 is 0 Å². The van der Waals surface area contributed by atoms with Crippen LogP contribution in [0.2, 0.25) is 0 Å². The molecule has 0 aliphatic carbocycles. The Morgan fingerprint density at radius 2 is 2.40 bits per heavy atom. The van der Waals surface area contributed by atoms with Crippen LogP contribution in [0.1, 0.15) is 0 Å². The minimum absolute atomic E-state index is 0.261. The van der Waals surface area contributed by atoms with E-state index < -0.39 is 0 Å². The summed E-state index contributed by atoms with van der Waals surface area (Å²) in [4.78, 5) is 7.21. The Kier molecular flexibility index (Phi) is 2.21. The summed E-state index contributed by atoms with van der Waals surface area (Å²) >= 11 is 0. The van der Waals surface area contributed by atoms with Gasteiger partial charge < -0.3 is 11.1 Å². The highest BCUT2D eigenvalue weighted by atomic mass is 15.2. The Hall–Kier alpha value is -2.55. The van der Waals surface area contributed by atoms with Crippen molar-refractivity contribution in [3.63, 3.8) is 0 Å². The fourth-order valence-electron chi connectivity index (χ4n) is 1.12. The number of aromatic amines is 1. The van der Waals surface area contributed by atoms with Crippen LogP contribution in [0.15, 0.2) is 24.5 Å². The zero-order chi connectivity index (χ0) is 10.7. The van der Waals surface area contributed by atoms with Crippen LogP contribution in [-0.2, 0) is 0 Å². The Bertz CT molecular complexity index is 495. The highest BCUT2D eigenvalue weighted by Crippen LogP contribution is 2.30. The molecule has 0 aliphatic heterocycles. The fraction of sp³-hybridized carbons (Fsp3) is 0. The molecule has 0 aromatic carbocycles. The average Bonchev–Trinajstić information content (AvgIpc) is 2.61. The van der Waals surface area contributed by atoms with Gasteiger partial charge in [-0.15, -0.1) is 0 Å². The molecule has 0 atom stereocenters. The molecule has 0 unspecified atom stereocenters. The van der Waals surface area contributed by atoms with Crippen molar-refractivity contribution in [3.8, 4) is 0 Å². The van der Waals surface area contributed by atoms with Crippen LogP contribution in [0.25, 0.3) is 4.85 Å². The SMILES string of the molecule is [C-]#[N+]c1c(Nc2cccnc2)n[nH]c1N. The largest absolute Gasteiger partial charge is 0.393 e. The van der Waals surface area contributed by atoms with Gasteiger partial charge in [-0.1, -0.05) is 0 Å². The molecule has 0 spiro atoms. The van der Waals surface area contributed by atoms with Crippen LogP contribution in [-0.4, -0.2) is 15.2 Å². The molecule has 2 aromatic rings. The van der Waals surface area contributed by atoms with Crippen molar-refractivity contribution < 1.29 is 0 Å². The maximum atomic E-state index is 6.94. The van der Waals surface area contributed by atoms with Crippen LogP contribution < -0.4 is 11.1 Å². The summed E-state index contributed by atoms with van der Waals surface area (Å²) < 4.78 is 0. The smallest absolute Gasteiger partial charge is 0.270 e. The predicted octanol–water partition coefficient (Wildman–Crippen LogP) is 1.68. The van der Waals surface area contributed by atoms with E-state index in [-0.39, 0.29) is 5.82 Å². The van der Waals surface area contributed by atoms with Gasteiger partial charge in [0, 0.05) is 6.20 Å². The standard InChI is InChI=1S/C9H8N6/c1-11-7-8(10)14-15-9(7)13-6-3-2-4-12-5-6/h2-5H,(H4,10,13,14,15). The molecule has 0 fully saturated rings. The maximum Gasteiger partial charge on any atom is 0.270 e. The highest BCUT2D eigenvalue weighted by Gasteiger charge is 2.10. The molecule has 0 saturated carbocycles. The second-order valence-corrected chi connectivity index (χ2v) is 2.81. The average molecular weight is 200 g/mol. The molecule has 2 aromatic heterocycles. The lowest BCUT2D eigenvalue weighted by molar-refractivity contribution is 1.10. The molecule has 0 saturated heterocycles. The molecule has 6 heteroatoms. The molecule has 0 amide bonds. The van der Waals surface area contributed by atoms with Crippen molar-refractivity contribution in [2.24, 2.45) is 0 Å². The van der Waals surface area contributed by atoms with Crippen LogP contribution in [0, 0.1) is 6.57 Å². The summed E-state index contributed by atoms with van der Waals surface area (Å²) in [5.41, 5.74) is 6.57. The van der Waals surface area contributed by atoms with E-state index in [0.29, 0.717) is 11.5 Å². The second-order valence-electron chi connectivity index (χ2n) is 2.81. The number of nitrogens with two attached hydrogens (primary N) is 1. The fourth-order valence-corrected chi connectivity index (χ4v) is 1.12. The third-order valence-electron chi connectivity index (χ3n) is 1.80. The molecule has 74 valence electrons. The molecule has 2 heterocycles. The highest BCUT2D eigenvalue weighted by molar-refractivity contribution is 5.79. The number of nitrogen functional groups attached to an aromatic ring is 1. The van der Waals surface area contributed by atoms with Crippen LogP contribution in [0.4, 0.5) is 23.0 Å². The second kappa shape index (κ2) is 3.67. The predicted molar refractivity (Wildman–Crippen MR) is 56.8 cm³/mol. The Labute approximate surface area is 86.0 Å². The van der Waals surface area contributed by atoms with E-state index in [1.165, 1.54) is 0 Å². The van der Waals surface area contributed by atoms with E-state index in [1.807, 2.05) is 6.07 Å². The first kappa shape index (κ1) is 9.02. The number of hydrogen-bond donors (Lipinski definition) is 3. The van der Waals surface area contributed by atoms with Crippen molar-refractivity contribution in [1.82, 2.24) is 15.2 Å². The first-order chi connectivity index (χ1) is 7.31. The van der Waals surface area contributed by atoms with Crippen molar-refractivity contribution in [2.45, 2.75) is 0 Å². The zero-order valence-corrected chi connectivity index (χ0v) is 7.73. The summed E-state index contributed by atoms with van der Waals surface area (Å²) in [6, 6.07) is 3.61. The number of H-pyrrole nitrogens is 1.